The van der Waals surface area contributed by atoms with Gasteiger partial charge in [-0.25, -0.2) is 18.0 Å². The number of aliphatic carboxylic acids is 1. The van der Waals surface area contributed by atoms with Crippen LogP contribution in [0.15, 0.2) is 59.5 Å². The zero-order valence-corrected chi connectivity index (χ0v) is 22.0. The molecule has 36 heavy (non-hydrogen) atoms. The number of carboxylic acids is 1. The van der Waals surface area contributed by atoms with Crippen molar-refractivity contribution in [3.05, 3.63) is 65.2 Å². The predicted molar refractivity (Wildman–Crippen MR) is 137 cm³/mol. The fourth-order valence-corrected chi connectivity index (χ4v) is 6.92. The van der Waals surface area contributed by atoms with Crippen molar-refractivity contribution in [2.24, 2.45) is 0 Å². The number of halogens is 1. The lowest BCUT2D eigenvalue weighted by atomic mass is 10.0. The zero-order valence-electron chi connectivity index (χ0n) is 19.6. The monoisotopic (exact) mass is 554 g/mol. The number of carboxylic acid groups (broad SMARTS) is 1. The summed E-state index contributed by atoms with van der Waals surface area (Å²) in [5.41, 5.74) is 0.790. The number of carbonyl (C=O) groups is 3. The number of nitrogens with zero attached hydrogens (tertiary/aromatic N) is 1. The quantitative estimate of drug-likeness (QED) is 0.372. The van der Waals surface area contributed by atoms with Crippen molar-refractivity contribution in [3.63, 3.8) is 0 Å². The van der Waals surface area contributed by atoms with Gasteiger partial charge in [0, 0.05) is 16.3 Å². The molecule has 3 rings (SSSR count). The van der Waals surface area contributed by atoms with Gasteiger partial charge < -0.3 is 21.1 Å². The third-order valence-corrected chi connectivity index (χ3v) is 9.17. The molecular formula is C23H27ClN4O6S2. The molecule has 2 atom stereocenters. The lowest BCUT2D eigenvalue weighted by molar-refractivity contribution is -0.142. The Morgan fingerprint density at radius 3 is 2.36 bits per heavy atom. The SMILES string of the molecule is CC1(C)SCN(S(=O)(=O)c2ccccc2)C1C(=O)NC(CNC(=O)NCc1ccc(Cl)cc1)C(=O)O. The van der Waals surface area contributed by atoms with Crippen LogP contribution < -0.4 is 16.0 Å². The molecule has 1 aliphatic rings. The molecule has 0 aromatic heterocycles. The first-order valence-electron chi connectivity index (χ1n) is 10.9. The number of nitrogens with one attached hydrogen (secondary N) is 3. The Morgan fingerprint density at radius 2 is 1.75 bits per heavy atom. The summed E-state index contributed by atoms with van der Waals surface area (Å²) in [6.07, 6.45) is 0. The lowest BCUT2D eigenvalue weighted by Gasteiger charge is -2.30. The summed E-state index contributed by atoms with van der Waals surface area (Å²) in [6, 6.07) is 11.3. The van der Waals surface area contributed by atoms with Gasteiger partial charge in [-0.3, -0.25) is 4.79 Å². The summed E-state index contributed by atoms with van der Waals surface area (Å²) >= 11 is 7.11. The number of carbonyl (C=O) groups excluding carboxylic acids is 2. The van der Waals surface area contributed by atoms with Crippen molar-refractivity contribution in [1.29, 1.82) is 0 Å². The first kappa shape index (κ1) is 27.8. The van der Waals surface area contributed by atoms with E-state index >= 15 is 0 Å². The van der Waals surface area contributed by atoms with Crippen LogP contribution in [0.25, 0.3) is 0 Å². The van der Waals surface area contributed by atoms with Gasteiger partial charge in [0.25, 0.3) is 0 Å². The van der Waals surface area contributed by atoms with Crippen molar-refractivity contribution in [1.82, 2.24) is 20.3 Å². The van der Waals surface area contributed by atoms with E-state index in [-0.39, 0.29) is 17.3 Å². The number of hydrogen-bond acceptors (Lipinski definition) is 6. The molecule has 10 nitrogen and oxygen atoms in total. The van der Waals surface area contributed by atoms with Gasteiger partial charge in [0.2, 0.25) is 15.9 Å². The molecule has 2 unspecified atom stereocenters. The summed E-state index contributed by atoms with van der Waals surface area (Å²) in [6.45, 7) is 3.23. The maximum atomic E-state index is 13.2. The molecule has 13 heteroatoms. The van der Waals surface area contributed by atoms with Crippen LogP contribution in [0.2, 0.25) is 5.02 Å². The summed E-state index contributed by atoms with van der Waals surface area (Å²) in [5.74, 6) is -2.10. The third kappa shape index (κ3) is 6.69. The number of sulfonamides is 1. The number of urea groups is 1. The Kier molecular flexibility index (Phi) is 8.88. The maximum Gasteiger partial charge on any atom is 0.328 e. The first-order valence-corrected chi connectivity index (χ1v) is 13.7. The molecule has 1 heterocycles. The smallest absolute Gasteiger partial charge is 0.328 e. The van der Waals surface area contributed by atoms with Gasteiger partial charge in [0.15, 0.2) is 0 Å². The Morgan fingerprint density at radius 1 is 1.11 bits per heavy atom. The number of benzene rings is 2. The minimum Gasteiger partial charge on any atom is -0.480 e. The zero-order chi connectivity index (χ0) is 26.5. The first-order chi connectivity index (χ1) is 16.9. The van der Waals surface area contributed by atoms with Crippen LogP contribution in [-0.4, -0.2) is 65.0 Å². The molecule has 0 bridgehead atoms. The number of amides is 3. The average molecular weight is 555 g/mol. The average Bonchev–Trinajstić information content (AvgIpc) is 3.17. The number of rotatable bonds is 9. The Labute approximate surface area is 218 Å². The van der Waals surface area contributed by atoms with Gasteiger partial charge in [-0.15, -0.1) is 11.8 Å². The van der Waals surface area contributed by atoms with Gasteiger partial charge in [-0.1, -0.05) is 41.9 Å². The fraction of sp³-hybridized carbons (Fsp3) is 0.348. The topological polar surface area (TPSA) is 145 Å². The largest absolute Gasteiger partial charge is 0.480 e. The normalized spacial score (nSPS) is 18.2. The van der Waals surface area contributed by atoms with Crippen LogP contribution in [0.4, 0.5) is 4.79 Å². The van der Waals surface area contributed by atoms with Crippen LogP contribution in [0.1, 0.15) is 19.4 Å². The van der Waals surface area contributed by atoms with Crippen LogP contribution in [-0.2, 0) is 26.2 Å². The van der Waals surface area contributed by atoms with Gasteiger partial charge in [0.05, 0.1) is 17.3 Å². The molecule has 0 radical (unpaired) electrons. The van der Waals surface area contributed by atoms with E-state index in [2.05, 4.69) is 16.0 Å². The molecule has 4 N–H and O–H groups in total. The highest BCUT2D eigenvalue weighted by Crippen LogP contribution is 2.42. The number of hydrogen-bond donors (Lipinski definition) is 4. The minimum atomic E-state index is -4.01. The Balaban J connectivity index is 1.65. The highest BCUT2D eigenvalue weighted by molar-refractivity contribution is 8.02. The van der Waals surface area contributed by atoms with Crippen molar-refractivity contribution in [2.75, 3.05) is 12.4 Å². The molecule has 3 amide bonds. The molecule has 0 spiro atoms. The number of thioether (sulfide) groups is 1. The molecule has 0 aliphatic carbocycles. The van der Waals surface area contributed by atoms with E-state index < -0.39 is 51.3 Å². The standard InChI is InChI=1S/C23H27ClN4O6S2/c1-23(2)19(28(14-35-23)36(33,34)17-6-4-3-5-7-17)20(29)27-18(21(30)31)13-26-22(32)25-12-15-8-10-16(24)11-9-15/h3-11,18-19H,12-14H2,1-2H3,(H,27,29)(H,30,31)(H2,25,26,32). The molecule has 2 aromatic rings. The highest BCUT2D eigenvalue weighted by atomic mass is 35.5. The molecule has 194 valence electrons. The van der Waals surface area contributed by atoms with E-state index in [1.165, 1.54) is 23.9 Å². The third-order valence-electron chi connectivity index (χ3n) is 5.56. The second-order valence-corrected chi connectivity index (χ2v) is 12.5. The van der Waals surface area contributed by atoms with E-state index in [9.17, 15) is 27.9 Å². The van der Waals surface area contributed by atoms with Gasteiger partial charge in [-0.2, -0.15) is 4.31 Å². The van der Waals surface area contributed by atoms with Crippen LogP contribution in [0.5, 0.6) is 0 Å². The van der Waals surface area contributed by atoms with Crippen molar-refractivity contribution in [2.45, 2.75) is 42.1 Å². The molecule has 0 saturated carbocycles. The van der Waals surface area contributed by atoms with Gasteiger partial charge >= 0.3 is 12.0 Å². The summed E-state index contributed by atoms with van der Waals surface area (Å²) in [7, 11) is -4.01. The van der Waals surface area contributed by atoms with E-state index in [0.717, 1.165) is 9.87 Å². The van der Waals surface area contributed by atoms with Crippen molar-refractivity contribution in [3.8, 4) is 0 Å². The van der Waals surface area contributed by atoms with Crippen molar-refractivity contribution >= 4 is 51.3 Å². The minimum absolute atomic E-state index is 0.0331. The van der Waals surface area contributed by atoms with Crippen LogP contribution >= 0.6 is 23.4 Å². The predicted octanol–water partition coefficient (Wildman–Crippen LogP) is 2.25. The molecular weight excluding hydrogens is 528 g/mol. The van der Waals surface area contributed by atoms with Gasteiger partial charge in [-0.05, 0) is 43.7 Å². The van der Waals surface area contributed by atoms with E-state index in [4.69, 9.17) is 11.6 Å². The highest BCUT2D eigenvalue weighted by Gasteiger charge is 2.51. The fourth-order valence-electron chi connectivity index (χ4n) is 3.61. The van der Waals surface area contributed by atoms with Crippen molar-refractivity contribution < 1.29 is 27.9 Å². The van der Waals surface area contributed by atoms with Crippen LogP contribution in [0, 0.1) is 0 Å². The van der Waals surface area contributed by atoms with Crippen LogP contribution in [0.3, 0.4) is 0 Å². The summed E-state index contributed by atoms with van der Waals surface area (Å²) in [4.78, 5) is 37.2. The van der Waals surface area contributed by atoms with Gasteiger partial charge in [0.1, 0.15) is 12.1 Å². The van der Waals surface area contributed by atoms with E-state index in [0.29, 0.717) is 5.02 Å². The molecule has 1 saturated heterocycles. The second-order valence-electron chi connectivity index (χ2n) is 8.57. The molecule has 1 fully saturated rings. The second kappa shape index (κ2) is 11.5. The summed E-state index contributed by atoms with van der Waals surface area (Å²) < 4.78 is 26.7. The maximum absolute atomic E-state index is 13.2. The van der Waals surface area contributed by atoms with E-state index in [1.807, 2.05) is 0 Å². The summed E-state index contributed by atoms with van der Waals surface area (Å²) in [5, 5.41) is 17.6. The van der Waals surface area contributed by atoms with E-state index in [1.54, 1.807) is 56.3 Å². The Bertz CT molecular complexity index is 1210. The molecule has 2 aromatic carbocycles. The lowest BCUT2D eigenvalue weighted by Crippen LogP contribution is -2.58. The Hall–Kier alpha value is -2.80. The molecule has 1 aliphatic heterocycles.